The number of nitrogens with zero attached hydrogens (tertiary/aromatic N) is 2. The lowest BCUT2D eigenvalue weighted by molar-refractivity contribution is -0.384. The van der Waals surface area contributed by atoms with Crippen molar-refractivity contribution < 1.29 is 14.5 Å². The Bertz CT molecular complexity index is 851. The van der Waals surface area contributed by atoms with Gasteiger partial charge in [0.2, 0.25) is 0 Å². The van der Waals surface area contributed by atoms with Crippen LogP contribution in [0.4, 0.5) is 11.4 Å². The number of benzene rings is 2. The number of nitro groups is 1. The van der Waals surface area contributed by atoms with Gasteiger partial charge in [-0.05, 0) is 24.3 Å². The molecule has 6 nitrogen and oxygen atoms in total. The van der Waals surface area contributed by atoms with Crippen molar-refractivity contribution in [3.05, 3.63) is 67.7 Å². The Kier molecular flexibility index (Phi) is 3.35. The van der Waals surface area contributed by atoms with Gasteiger partial charge in [-0.2, -0.15) is 0 Å². The van der Waals surface area contributed by atoms with Gasteiger partial charge in [0.25, 0.3) is 17.5 Å². The van der Waals surface area contributed by atoms with E-state index in [0.29, 0.717) is 0 Å². The molecule has 0 fully saturated rings. The van der Waals surface area contributed by atoms with Crippen LogP contribution in [0.5, 0.6) is 0 Å². The van der Waals surface area contributed by atoms with E-state index in [1.165, 1.54) is 30.3 Å². The number of anilines is 1. The summed E-state index contributed by atoms with van der Waals surface area (Å²) >= 11 is 11.7. The molecule has 0 spiro atoms. The second-order valence-electron chi connectivity index (χ2n) is 4.53. The number of rotatable bonds is 2. The van der Waals surface area contributed by atoms with Crippen molar-refractivity contribution in [2.75, 3.05) is 4.90 Å². The molecule has 0 aliphatic carbocycles. The first kappa shape index (κ1) is 14.5. The number of non-ortho nitro benzene ring substituents is 1. The molecular weight excluding hydrogens is 331 g/mol. The fraction of sp³-hybridized carbons (Fsp3) is 0. The predicted octanol–water partition coefficient (Wildman–Crippen LogP) is 3.70. The third-order valence-corrected chi connectivity index (χ3v) is 3.98. The van der Waals surface area contributed by atoms with Crippen LogP contribution >= 0.6 is 23.2 Å². The summed E-state index contributed by atoms with van der Waals surface area (Å²) in [4.78, 5) is 35.8. The van der Waals surface area contributed by atoms with Crippen molar-refractivity contribution in [3.63, 3.8) is 0 Å². The van der Waals surface area contributed by atoms with Gasteiger partial charge in [-0.3, -0.25) is 19.7 Å². The van der Waals surface area contributed by atoms with E-state index in [1.807, 2.05) is 0 Å². The third kappa shape index (κ3) is 2.13. The first-order chi connectivity index (χ1) is 10.4. The summed E-state index contributed by atoms with van der Waals surface area (Å²) in [5.74, 6) is -1.20. The Morgan fingerprint density at radius 3 is 2.23 bits per heavy atom. The van der Waals surface area contributed by atoms with Gasteiger partial charge in [0.1, 0.15) is 0 Å². The Balaban J connectivity index is 2.09. The number of halogens is 2. The van der Waals surface area contributed by atoms with Crippen molar-refractivity contribution in [2.45, 2.75) is 0 Å². The number of imide groups is 1. The minimum Gasteiger partial charge on any atom is -0.268 e. The second-order valence-corrected chi connectivity index (χ2v) is 5.35. The highest BCUT2D eigenvalue weighted by atomic mass is 35.5. The Morgan fingerprint density at radius 1 is 0.909 bits per heavy atom. The summed E-state index contributed by atoms with van der Waals surface area (Å²) in [6, 6.07) is 7.87. The van der Waals surface area contributed by atoms with Crippen LogP contribution in [0.2, 0.25) is 10.0 Å². The molecule has 1 aliphatic rings. The molecule has 8 heteroatoms. The highest BCUT2D eigenvalue weighted by molar-refractivity contribution is 6.42. The maximum Gasteiger partial charge on any atom is 0.270 e. The molecule has 0 radical (unpaired) electrons. The number of carbonyl (C=O) groups excluding carboxylic acids is 2. The minimum atomic E-state index is -0.637. The van der Waals surface area contributed by atoms with E-state index in [0.717, 1.165) is 11.0 Å². The number of hydrogen-bond acceptors (Lipinski definition) is 4. The molecule has 1 aliphatic heterocycles. The molecule has 0 saturated heterocycles. The molecule has 3 rings (SSSR count). The van der Waals surface area contributed by atoms with Gasteiger partial charge in [-0.15, -0.1) is 0 Å². The van der Waals surface area contributed by atoms with E-state index in [-0.39, 0.29) is 32.5 Å². The van der Waals surface area contributed by atoms with E-state index in [4.69, 9.17) is 23.2 Å². The molecule has 2 aromatic rings. The van der Waals surface area contributed by atoms with Gasteiger partial charge < -0.3 is 0 Å². The van der Waals surface area contributed by atoms with Crippen LogP contribution in [0.1, 0.15) is 20.7 Å². The van der Waals surface area contributed by atoms with Gasteiger partial charge in [0.15, 0.2) is 0 Å². The maximum absolute atomic E-state index is 12.4. The van der Waals surface area contributed by atoms with Crippen LogP contribution in [0.25, 0.3) is 0 Å². The van der Waals surface area contributed by atoms with Crippen molar-refractivity contribution in [1.29, 1.82) is 0 Å². The van der Waals surface area contributed by atoms with Gasteiger partial charge >= 0.3 is 0 Å². The molecule has 0 N–H and O–H groups in total. The smallest absolute Gasteiger partial charge is 0.268 e. The lowest BCUT2D eigenvalue weighted by Crippen LogP contribution is -2.29. The number of nitro benzene ring substituents is 1. The van der Waals surface area contributed by atoms with Crippen LogP contribution in [0.15, 0.2) is 36.4 Å². The summed E-state index contributed by atoms with van der Waals surface area (Å²) < 4.78 is 0. The van der Waals surface area contributed by atoms with Crippen molar-refractivity contribution in [1.82, 2.24) is 0 Å². The van der Waals surface area contributed by atoms with E-state index < -0.39 is 16.7 Å². The van der Waals surface area contributed by atoms with Gasteiger partial charge in [0.05, 0.1) is 31.8 Å². The van der Waals surface area contributed by atoms with Crippen LogP contribution < -0.4 is 4.90 Å². The summed E-state index contributed by atoms with van der Waals surface area (Å²) in [5, 5.41) is 11.3. The SMILES string of the molecule is O=C1c2ccc([N+](=O)[O-])cc2C(=O)N1c1ccc(Cl)c(Cl)c1. The first-order valence-corrected chi connectivity index (χ1v) is 6.78. The molecule has 2 amide bonds. The number of amides is 2. The zero-order valence-corrected chi connectivity index (χ0v) is 12.3. The highest BCUT2D eigenvalue weighted by Crippen LogP contribution is 2.33. The standard InChI is InChI=1S/C14H6Cl2N2O4/c15-11-4-2-7(6-12(11)16)17-13(19)9-3-1-8(18(21)22)5-10(9)14(17)20/h1-6H. The summed E-state index contributed by atoms with van der Waals surface area (Å²) in [5.41, 5.74) is 0.103. The zero-order chi connectivity index (χ0) is 16.0. The van der Waals surface area contributed by atoms with Gasteiger partial charge in [-0.1, -0.05) is 23.2 Å². The topological polar surface area (TPSA) is 80.5 Å². The van der Waals surface area contributed by atoms with E-state index in [2.05, 4.69) is 0 Å². The minimum absolute atomic E-state index is 0.00901. The van der Waals surface area contributed by atoms with E-state index in [9.17, 15) is 19.7 Å². The molecule has 0 aromatic heterocycles. The summed E-state index contributed by atoms with van der Waals surface area (Å²) in [6.07, 6.45) is 0. The average molecular weight is 337 g/mol. The second kappa shape index (κ2) is 5.08. The lowest BCUT2D eigenvalue weighted by Gasteiger charge is -2.14. The van der Waals surface area contributed by atoms with Crippen LogP contribution in [0, 0.1) is 10.1 Å². The quantitative estimate of drug-likeness (QED) is 0.475. The van der Waals surface area contributed by atoms with Crippen molar-refractivity contribution >= 4 is 46.4 Å². The first-order valence-electron chi connectivity index (χ1n) is 6.02. The maximum atomic E-state index is 12.4. The lowest BCUT2D eigenvalue weighted by atomic mass is 10.1. The molecule has 1 heterocycles. The average Bonchev–Trinajstić information content (AvgIpc) is 2.73. The largest absolute Gasteiger partial charge is 0.270 e. The number of hydrogen-bond donors (Lipinski definition) is 0. The van der Waals surface area contributed by atoms with Gasteiger partial charge in [0, 0.05) is 12.1 Å². The zero-order valence-electron chi connectivity index (χ0n) is 10.7. The van der Waals surface area contributed by atoms with Crippen LogP contribution in [-0.4, -0.2) is 16.7 Å². The van der Waals surface area contributed by atoms with Crippen molar-refractivity contribution in [3.8, 4) is 0 Å². The highest BCUT2D eigenvalue weighted by Gasteiger charge is 2.38. The molecule has 22 heavy (non-hydrogen) atoms. The van der Waals surface area contributed by atoms with Crippen LogP contribution in [-0.2, 0) is 0 Å². The fourth-order valence-electron chi connectivity index (χ4n) is 2.20. The number of fused-ring (bicyclic) bond motifs is 1. The number of carbonyl (C=O) groups is 2. The molecule has 2 aromatic carbocycles. The van der Waals surface area contributed by atoms with Gasteiger partial charge in [-0.25, -0.2) is 4.90 Å². The molecular formula is C14H6Cl2N2O4. The molecule has 0 saturated carbocycles. The molecule has 110 valence electrons. The summed E-state index contributed by atoms with van der Waals surface area (Å²) in [6.45, 7) is 0. The molecule has 0 unspecified atom stereocenters. The van der Waals surface area contributed by atoms with Crippen LogP contribution in [0.3, 0.4) is 0 Å². The van der Waals surface area contributed by atoms with E-state index in [1.54, 1.807) is 0 Å². The molecule has 0 atom stereocenters. The third-order valence-electron chi connectivity index (χ3n) is 3.24. The molecule has 0 bridgehead atoms. The Labute approximate surface area is 134 Å². The van der Waals surface area contributed by atoms with E-state index >= 15 is 0 Å². The Hall–Kier alpha value is -2.44. The monoisotopic (exact) mass is 336 g/mol. The fourth-order valence-corrected chi connectivity index (χ4v) is 2.49. The normalized spacial score (nSPS) is 13.5. The predicted molar refractivity (Wildman–Crippen MR) is 80.7 cm³/mol. The summed E-state index contributed by atoms with van der Waals surface area (Å²) in [7, 11) is 0. The Morgan fingerprint density at radius 2 is 1.59 bits per heavy atom. The van der Waals surface area contributed by atoms with Crippen molar-refractivity contribution in [2.24, 2.45) is 0 Å².